The van der Waals surface area contributed by atoms with E-state index in [1.54, 1.807) is 0 Å². The average molecular weight is 217 g/mol. The Labute approximate surface area is 92.5 Å². The second-order valence-electron chi connectivity index (χ2n) is 4.42. The Morgan fingerprint density at radius 3 is 2.27 bits per heavy atom. The molecule has 0 N–H and O–H groups in total. The van der Waals surface area contributed by atoms with Gasteiger partial charge in [-0.3, -0.25) is 4.79 Å². The number of carbonyl (C=O) groups is 1. The summed E-state index contributed by atoms with van der Waals surface area (Å²) in [6.45, 7) is 7.46. The van der Waals surface area contributed by atoms with Crippen molar-refractivity contribution < 1.29 is 14.3 Å². The number of nitrogens with zero attached hydrogens (tertiary/aromatic N) is 1. The van der Waals surface area contributed by atoms with Crippen LogP contribution >= 0.6 is 0 Å². The fourth-order valence-electron chi connectivity index (χ4n) is 1.20. The van der Waals surface area contributed by atoms with Gasteiger partial charge < -0.3 is 14.4 Å². The molecule has 0 aliphatic heterocycles. The molecule has 90 valence electrons. The monoisotopic (exact) mass is 217 g/mol. The van der Waals surface area contributed by atoms with Gasteiger partial charge in [-0.2, -0.15) is 0 Å². The van der Waals surface area contributed by atoms with Crippen LogP contribution in [0.2, 0.25) is 0 Å². The molecular weight excluding hydrogens is 194 g/mol. The second kappa shape index (κ2) is 7.65. The largest absolute Gasteiger partial charge is 0.459 e. The molecule has 15 heavy (non-hydrogen) atoms. The van der Waals surface area contributed by atoms with Gasteiger partial charge in [0, 0.05) is 20.1 Å². The lowest BCUT2D eigenvalue weighted by molar-refractivity contribution is -0.150. The number of rotatable bonds is 7. The summed E-state index contributed by atoms with van der Waals surface area (Å²) in [4.78, 5) is 12.8. The molecular formula is C11H23NO3. The van der Waals surface area contributed by atoms with E-state index in [1.165, 1.54) is 6.92 Å². The molecule has 0 fully saturated rings. The molecule has 0 aliphatic rings. The smallest absolute Gasteiger partial charge is 0.303 e. The number of likely N-dealkylation sites (N-methyl/N-ethyl adjacent to an activating group) is 1. The number of hydrogen-bond donors (Lipinski definition) is 0. The van der Waals surface area contributed by atoms with Crippen LogP contribution in [0, 0.1) is 5.92 Å². The van der Waals surface area contributed by atoms with E-state index in [2.05, 4.69) is 13.8 Å². The quantitative estimate of drug-likeness (QED) is 0.600. The minimum Gasteiger partial charge on any atom is -0.459 e. The fraction of sp³-hybridized carbons (Fsp3) is 0.909. The number of esters is 1. The van der Waals surface area contributed by atoms with Crippen LogP contribution in [0.4, 0.5) is 0 Å². The van der Waals surface area contributed by atoms with E-state index in [0.717, 1.165) is 0 Å². The minimum atomic E-state index is -0.255. The third kappa shape index (κ3) is 9.69. The highest BCUT2D eigenvalue weighted by Crippen LogP contribution is 1.99. The molecule has 4 heteroatoms. The molecule has 1 atom stereocenters. The molecule has 0 aliphatic carbocycles. The van der Waals surface area contributed by atoms with Crippen molar-refractivity contribution >= 4 is 5.97 Å². The predicted molar refractivity (Wildman–Crippen MR) is 59.8 cm³/mol. The summed E-state index contributed by atoms with van der Waals surface area (Å²) in [6, 6.07) is 0. The standard InChI is InChI=1S/C11H23NO3/c1-9(2)7-14-8-11(6-12(4)5)15-10(3)13/h9,11H,6-8H2,1-5H3. The third-order valence-electron chi connectivity index (χ3n) is 1.66. The normalized spacial score (nSPS) is 13.3. The molecule has 4 nitrogen and oxygen atoms in total. The van der Waals surface area contributed by atoms with Crippen LogP contribution in [0.1, 0.15) is 20.8 Å². The van der Waals surface area contributed by atoms with Crippen molar-refractivity contribution in [2.45, 2.75) is 26.9 Å². The molecule has 0 saturated heterocycles. The van der Waals surface area contributed by atoms with Gasteiger partial charge in [0.1, 0.15) is 6.10 Å². The summed E-state index contributed by atoms with van der Waals surface area (Å²) < 4.78 is 10.6. The van der Waals surface area contributed by atoms with E-state index in [4.69, 9.17) is 9.47 Å². The van der Waals surface area contributed by atoms with Crippen LogP contribution in [-0.2, 0) is 14.3 Å². The highest BCUT2D eigenvalue weighted by molar-refractivity contribution is 5.66. The van der Waals surface area contributed by atoms with Crippen LogP contribution in [0.3, 0.4) is 0 Å². The Hall–Kier alpha value is -0.610. The van der Waals surface area contributed by atoms with Gasteiger partial charge in [0.05, 0.1) is 6.61 Å². The Morgan fingerprint density at radius 2 is 1.87 bits per heavy atom. The number of carbonyl (C=O) groups excluding carboxylic acids is 1. The average Bonchev–Trinajstić information content (AvgIpc) is 2.00. The van der Waals surface area contributed by atoms with Crippen molar-refractivity contribution in [1.82, 2.24) is 4.90 Å². The fourth-order valence-corrected chi connectivity index (χ4v) is 1.20. The second-order valence-corrected chi connectivity index (χ2v) is 4.42. The van der Waals surface area contributed by atoms with Gasteiger partial charge in [-0.25, -0.2) is 0 Å². The molecule has 0 aromatic heterocycles. The maximum Gasteiger partial charge on any atom is 0.303 e. The molecule has 0 amide bonds. The summed E-state index contributed by atoms with van der Waals surface area (Å²) >= 11 is 0. The van der Waals surface area contributed by atoms with Crippen LogP contribution in [0.25, 0.3) is 0 Å². The number of hydrogen-bond acceptors (Lipinski definition) is 4. The zero-order valence-electron chi connectivity index (χ0n) is 10.4. The molecule has 0 spiro atoms. The lowest BCUT2D eigenvalue weighted by Crippen LogP contribution is -2.34. The summed E-state index contributed by atoms with van der Waals surface area (Å²) in [7, 11) is 3.89. The molecule has 0 heterocycles. The highest BCUT2D eigenvalue weighted by Gasteiger charge is 2.13. The summed E-state index contributed by atoms with van der Waals surface area (Å²) in [5.41, 5.74) is 0. The van der Waals surface area contributed by atoms with Gasteiger partial charge in [0.15, 0.2) is 0 Å². The first-order valence-electron chi connectivity index (χ1n) is 5.31. The molecule has 0 rings (SSSR count). The van der Waals surface area contributed by atoms with E-state index in [-0.39, 0.29) is 12.1 Å². The summed E-state index contributed by atoms with van der Waals surface area (Å²) in [5, 5.41) is 0. The SMILES string of the molecule is CC(=O)OC(COCC(C)C)CN(C)C. The van der Waals surface area contributed by atoms with Gasteiger partial charge in [0.25, 0.3) is 0 Å². The third-order valence-corrected chi connectivity index (χ3v) is 1.66. The maximum atomic E-state index is 10.8. The van der Waals surface area contributed by atoms with Gasteiger partial charge >= 0.3 is 5.97 Å². The van der Waals surface area contributed by atoms with Crippen molar-refractivity contribution in [2.75, 3.05) is 33.9 Å². The van der Waals surface area contributed by atoms with Crippen molar-refractivity contribution in [1.29, 1.82) is 0 Å². The van der Waals surface area contributed by atoms with Crippen molar-refractivity contribution in [3.8, 4) is 0 Å². The zero-order chi connectivity index (χ0) is 11.8. The molecule has 0 saturated carbocycles. The lowest BCUT2D eigenvalue weighted by atomic mass is 10.2. The highest BCUT2D eigenvalue weighted by atomic mass is 16.6. The molecule has 0 aromatic carbocycles. The maximum absolute atomic E-state index is 10.8. The topological polar surface area (TPSA) is 38.8 Å². The van der Waals surface area contributed by atoms with E-state index in [9.17, 15) is 4.79 Å². The van der Waals surface area contributed by atoms with Gasteiger partial charge in [0.2, 0.25) is 0 Å². The van der Waals surface area contributed by atoms with Crippen LogP contribution in [-0.4, -0.2) is 50.8 Å². The molecule has 0 radical (unpaired) electrons. The molecule has 1 unspecified atom stereocenters. The van der Waals surface area contributed by atoms with Crippen LogP contribution < -0.4 is 0 Å². The van der Waals surface area contributed by atoms with Crippen molar-refractivity contribution in [3.63, 3.8) is 0 Å². The molecule has 0 bridgehead atoms. The Morgan fingerprint density at radius 1 is 1.27 bits per heavy atom. The van der Waals surface area contributed by atoms with Crippen molar-refractivity contribution in [2.24, 2.45) is 5.92 Å². The van der Waals surface area contributed by atoms with Gasteiger partial charge in [-0.1, -0.05) is 13.8 Å². The summed E-state index contributed by atoms with van der Waals surface area (Å²) in [5.74, 6) is 0.248. The van der Waals surface area contributed by atoms with Crippen LogP contribution in [0.15, 0.2) is 0 Å². The summed E-state index contributed by atoms with van der Waals surface area (Å²) in [6.07, 6.45) is -0.170. The first-order valence-corrected chi connectivity index (χ1v) is 5.31. The van der Waals surface area contributed by atoms with E-state index in [0.29, 0.717) is 25.7 Å². The van der Waals surface area contributed by atoms with Crippen LogP contribution in [0.5, 0.6) is 0 Å². The van der Waals surface area contributed by atoms with Crippen molar-refractivity contribution in [3.05, 3.63) is 0 Å². The van der Waals surface area contributed by atoms with E-state index < -0.39 is 0 Å². The first kappa shape index (κ1) is 14.4. The lowest BCUT2D eigenvalue weighted by Gasteiger charge is -2.21. The predicted octanol–water partition coefficient (Wildman–Crippen LogP) is 1.15. The van der Waals surface area contributed by atoms with Gasteiger partial charge in [-0.15, -0.1) is 0 Å². The zero-order valence-corrected chi connectivity index (χ0v) is 10.4. The first-order chi connectivity index (χ1) is 6.91. The Kier molecular flexibility index (Phi) is 7.34. The van der Waals surface area contributed by atoms with E-state index >= 15 is 0 Å². The number of ether oxygens (including phenoxy) is 2. The van der Waals surface area contributed by atoms with Gasteiger partial charge in [-0.05, 0) is 20.0 Å². The Bertz CT molecular complexity index is 181. The van der Waals surface area contributed by atoms with E-state index in [1.807, 2.05) is 19.0 Å². The Balaban J connectivity index is 3.84. The molecule has 0 aromatic rings. The minimum absolute atomic E-state index is 0.170.